The molecule has 0 bridgehead atoms. The summed E-state index contributed by atoms with van der Waals surface area (Å²) in [6.07, 6.45) is 1.99. The van der Waals surface area contributed by atoms with E-state index in [9.17, 15) is 9.90 Å². The molecule has 6 heteroatoms. The molecule has 2 atom stereocenters. The van der Waals surface area contributed by atoms with Crippen LogP contribution in [-0.4, -0.2) is 46.7 Å². The Morgan fingerprint density at radius 3 is 2.27 bits per heavy atom. The van der Waals surface area contributed by atoms with Gasteiger partial charge in [-0.1, -0.05) is 60.7 Å². The van der Waals surface area contributed by atoms with Crippen molar-refractivity contribution in [3.05, 3.63) is 71.8 Å². The van der Waals surface area contributed by atoms with Gasteiger partial charge in [0.2, 0.25) is 5.91 Å². The van der Waals surface area contributed by atoms with Gasteiger partial charge in [0.1, 0.15) is 5.60 Å². The number of rotatable bonds is 7. The van der Waals surface area contributed by atoms with Gasteiger partial charge in [-0.25, -0.2) is 0 Å². The second-order valence-electron chi connectivity index (χ2n) is 6.29. The molecule has 1 heterocycles. The molecule has 0 aromatic heterocycles. The summed E-state index contributed by atoms with van der Waals surface area (Å²) in [6.45, 7) is 0. The van der Waals surface area contributed by atoms with Crippen LogP contribution in [-0.2, 0) is 10.4 Å². The zero-order chi connectivity index (χ0) is 18.4. The highest BCUT2D eigenvalue weighted by Gasteiger charge is 2.41. The number of nitrogens with one attached hydrogen (secondary N) is 2. The van der Waals surface area contributed by atoms with Crippen molar-refractivity contribution in [1.29, 1.82) is 0 Å². The Morgan fingerprint density at radius 2 is 1.81 bits per heavy atom. The first-order chi connectivity index (χ1) is 12.7. The van der Waals surface area contributed by atoms with Crippen LogP contribution in [0.25, 0.3) is 0 Å². The number of thioether (sulfide) groups is 2. The van der Waals surface area contributed by atoms with E-state index in [1.54, 1.807) is 23.5 Å². The zero-order valence-corrected chi connectivity index (χ0v) is 16.4. The van der Waals surface area contributed by atoms with Crippen LogP contribution < -0.4 is 10.6 Å². The number of amides is 1. The van der Waals surface area contributed by atoms with Gasteiger partial charge in [-0.3, -0.25) is 10.1 Å². The Hall–Kier alpha value is -1.47. The van der Waals surface area contributed by atoms with Gasteiger partial charge in [0.25, 0.3) is 0 Å². The zero-order valence-electron chi connectivity index (χ0n) is 14.7. The molecule has 0 spiro atoms. The molecule has 1 fully saturated rings. The summed E-state index contributed by atoms with van der Waals surface area (Å²) in [4.78, 5) is 12.7. The minimum Gasteiger partial charge on any atom is -0.378 e. The summed E-state index contributed by atoms with van der Waals surface area (Å²) >= 11 is 3.32. The SMILES string of the molecule is CSC[C@H](NC(=O)[C@@H]1CSCN1)C(O)(c1ccccc1)c1ccccc1. The fourth-order valence-electron chi connectivity index (χ4n) is 3.22. The maximum Gasteiger partial charge on any atom is 0.238 e. The van der Waals surface area contributed by atoms with E-state index >= 15 is 0 Å². The first kappa shape index (κ1) is 19.3. The van der Waals surface area contributed by atoms with Gasteiger partial charge in [-0.15, -0.1) is 11.8 Å². The van der Waals surface area contributed by atoms with E-state index in [0.717, 1.165) is 22.8 Å². The van der Waals surface area contributed by atoms with E-state index in [0.29, 0.717) is 5.75 Å². The van der Waals surface area contributed by atoms with Crippen molar-refractivity contribution in [2.75, 3.05) is 23.6 Å². The van der Waals surface area contributed by atoms with Gasteiger partial charge < -0.3 is 10.4 Å². The van der Waals surface area contributed by atoms with Crippen molar-refractivity contribution < 1.29 is 9.90 Å². The molecule has 1 aliphatic rings. The second-order valence-corrected chi connectivity index (χ2v) is 8.23. The number of benzene rings is 2. The first-order valence-corrected chi connectivity index (χ1v) is 11.1. The molecule has 0 saturated carbocycles. The third-order valence-electron chi connectivity index (χ3n) is 4.61. The third kappa shape index (κ3) is 4.09. The molecule has 0 unspecified atom stereocenters. The van der Waals surface area contributed by atoms with E-state index in [1.807, 2.05) is 66.9 Å². The van der Waals surface area contributed by atoms with Crippen LogP contribution in [0.2, 0.25) is 0 Å². The standard InChI is InChI=1S/C20H24N2O2S2/c1-25-13-18(22-19(23)17-12-26-14-21-17)20(24,15-8-4-2-5-9-15)16-10-6-3-7-11-16/h2-11,17-18,21,24H,12-14H2,1H3,(H,22,23)/t17-,18-/m0/s1. The number of carbonyl (C=O) groups excluding carboxylic acids is 1. The van der Waals surface area contributed by atoms with E-state index < -0.39 is 11.6 Å². The normalized spacial score (nSPS) is 18.5. The summed E-state index contributed by atoms with van der Waals surface area (Å²) in [5.41, 5.74) is 0.256. The van der Waals surface area contributed by atoms with Crippen LogP contribution in [0.3, 0.4) is 0 Å². The number of hydrogen-bond donors (Lipinski definition) is 3. The first-order valence-electron chi connectivity index (χ1n) is 8.60. The van der Waals surface area contributed by atoms with Crippen LogP contribution in [0.1, 0.15) is 11.1 Å². The van der Waals surface area contributed by atoms with Crippen molar-refractivity contribution in [3.8, 4) is 0 Å². The minimum absolute atomic E-state index is 0.0562. The van der Waals surface area contributed by atoms with Crippen LogP contribution in [0, 0.1) is 0 Å². The lowest BCUT2D eigenvalue weighted by Gasteiger charge is -2.38. The molecule has 3 N–H and O–H groups in total. The Labute approximate surface area is 163 Å². The predicted octanol–water partition coefficient (Wildman–Crippen LogP) is 2.43. The molecular weight excluding hydrogens is 364 g/mol. The van der Waals surface area contributed by atoms with Gasteiger partial charge in [0.15, 0.2) is 0 Å². The van der Waals surface area contributed by atoms with Crippen molar-refractivity contribution in [2.45, 2.75) is 17.7 Å². The van der Waals surface area contributed by atoms with Crippen molar-refractivity contribution >= 4 is 29.4 Å². The van der Waals surface area contributed by atoms with Crippen LogP contribution in [0.5, 0.6) is 0 Å². The quantitative estimate of drug-likeness (QED) is 0.680. The summed E-state index contributed by atoms with van der Waals surface area (Å²) in [5, 5.41) is 18.2. The highest BCUT2D eigenvalue weighted by molar-refractivity contribution is 7.99. The summed E-state index contributed by atoms with van der Waals surface area (Å²) < 4.78 is 0. The molecule has 2 aromatic rings. The fraction of sp³-hybridized carbons (Fsp3) is 0.350. The molecule has 1 saturated heterocycles. The highest BCUT2D eigenvalue weighted by atomic mass is 32.2. The fourth-order valence-corrected chi connectivity index (χ4v) is 4.82. The van der Waals surface area contributed by atoms with Crippen molar-refractivity contribution in [2.24, 2.45) is 0 Å². The van der Waals surface area contributed by atoms with Crippen molar-refractivity contribution in [1.82, 2.24) is 10.6 Å². The maximum atomic E-state index is 12.7. The van der Waals surface area contributed by atoms with Gasteiger partial charge in [-0.2, -0.15) is 11.8 Å². The van der Waals surface area contributed by atoms with E-state index in [-0.39, 0.29) is 11.9 Å². The Kier molecular flexibility index (Phi) is 6.64. The third-order valence-corrected chi connectivity index (χ3v) is 6.22. The Balaban J connectivity index is 1.98. The number of aliphatic hydroxyl groups is 1. The average Bonchev–Trinajstić information content (AvgIpc) is 3.23. The molecule has 0 aliphatic carbocycles. The monoisotopic (exact) mass is 388 g/mol. The summed E-state index contributed by atoms with van der Waals surface area (Å²) in [6, 6.07) is 18.5. The van der Waals surface area contributed by atoms with E-state index in [2.05, 4.69) is 10.6 Å². The minimum atomic E-state index is -1.30. The number of carbonyl (C=O) groups is 1. The molecule has 138 valence electrons. The lowest BCUT2D eigenvalue weighted by atomic mass is 9.80. The molecule has 2 aromatic carbocycles. The Bertz CT molecular complexity index is 667. The van der Waals surface area contributed by atoms with Crippen molar-refractivity contribution in [3.63, 3.8) is 0 Å². The highest BCUT2D eigenvalue weighted by Crippen LogP contribution is 2.34. The van der Waals surface area contributed by atoms with Crippen LogP contribution >= 0.6 is 23.5 Å². The Morgan fingerprint density at radius 1 is 1.23 bits per heavy atom. The molecule has 4 nitrogen and oxygen atoms in total. The largest absolute Gasteiger partial charge is 0.378 e. The van der Waals surface area contributed by atoms with Gasteiger partial charge in [0, 0.05) is 17.4 Å². The van der Waals surface area contributed by atoms with Gasteiger partial charge in [-0.05, 0) is 17.4 Å². The molecule has 26 heavy (non-hydrogen) atoms. The smallest absolute Gasteiger partial charge is 0.238 e. The molecule has 1 aliphatic heterocycles. The average molecular weight is 389 g/mol. The molecule has 1 amide bonds. The van der Waals surface area contributed by atoms with E-state index in [4.69, 9.17) is 0 Å². The van der Waals surface area contributed by atoms with Crippen LogP contribution in [0.15, 0.2) is 60.7 Å². The summed E-state index contributed by atoms with van der Waals surface area (Å²) in [5.74, 6) is 2.09. The van der Waals surface area contributed by atoms with Gasteiger partial charge >= 0.3 is 0 Å². The lowest BCUT2D eigenvalue weighted by Crippen LogP contribution is -2.56. The predicted molar refractivity (Wildman–Crippen MR) is 110 cm³/mol. The van der Waals surface area contributed by atoms with Gasteiger partial charge in [0.05, 0.1) is 12.1 Å². The van der Waals surface area contributed by atoms with E-state index in [1.165, 1.54) is 0 Å². The molecular formula is C20H24N2O2S2. The second kappa shape index (κ2) is 8.95. The maximum absolute atomic E-state index is 12.7. The van der Waals surface area contributed by atoms with Crippen LogP contribution in [0.4, 0.5) is 0 Å². The number of hydrogen-bond acceptors (Lipinski definition) is 5. The molecule has 3 rings (SSSR count). The summed E-state index contributed by atoms with van der Waals surface area (Å²) in [7, 11) is 0. The molecule has 0 radical (unpaired) electrons. The topological polar surface area (TPSA) is 61.4 Å². The lowest BCUT2D eigenvalue weighted by molar-refractivity contribution is -0.124.